The molecule has 1 atom stereocenters. The number of carbonyl (C=O) groups is 2. The van der Waals surface area contributed by atoms with Crippen molar-refractivity contribution in [3.05, 3.63) is 58.0 Å². The van der Waals surface area contributed by atoms with Crippen LogP contribution in [0.1, 0.15) is 34.2 Å². The minimum atomic E-state index is -0.924. The Bertz CT molecular complexity index is 1270. The quantitative estimate of drug-likeness (QED) is 0.457. The summed E-state index contributed by atoms with van der Waals surface area (Å²) in [6.07, 6.45) is -0.924. The third kappa shape index (κ3) is 3.57. The number of rotatable bonds is 5. The predicted octanol–water partition coefficient (Wildman–Crippen LogP) is 5.07. The predicted molar refractivity (Wildman–Crippen MR) is 120 cm³/mol. The van der Waals surface area contributed by atoms with E-state index in [2.05, 4.69) is 33.9 Å². The second kappa shape index (κ2) is 7.91. The van der Waals surface area contributed by atoms with Gasteiger partial charge in [0.1, 0.15) is 4.88 Å². The largest absolute Gasteiger partial charge is 0.448 e. The highest BCUT2D eigenvalue weighted by molar-refractivity contribution is 7.13. The van der Waals surface area contributed by atoms with Crippen LogP contribution in [0, 0.1) is 13.8 Å². The number of anilines is 1. The monoisotopic (exact) mass is 421 g/mol. The zero-order chi connectivity index (χ0) is 21.4. The van der Waals surface area contributed by atoms with Crippen LogP contribution in [0.5, 0.6) is 0 Å². The van der Waals surface area contributed by atoms with Crippen LogP contribution in [0.3, 0.4) is 0 Å². The van der Waals surface area contributed by atoms with Gasteiger partial charge in [0.25, 0.3) is 5.91 Å². The van der Waals surface area contributed by atoms with Crippen LogP contribution in [-0.4, -0.2) is 27.5 Å². The van der Waals surface area contributed by atoms with Gasteiger partial charge in [-0.05, 0) is 52.0 Å². The molecule has 4 rings (SSSR count). The van der Waals surface area contributed by atoms with Crippen molar-refractivity contribution < 1.29 is 14.3 Å². The molecule has 0 aliphatic rings. The van der Waals surface area contributed by atoms with E-state index in [0.717, 1.165) is 33.4 Å². The van der Waals surface area contributed by atoms with Crippen LogP contribution >= 0.6 is 11.3 Å². The highest BCUT2D eigenvalue weighted by atomic mass is 32.1. The number of fused-ring (bicyclic) bond motifs is 3. The SMILES string of the molecule is CCn1c2ccccc2c2cc(NC(=O)[C@@H](C)OC(=O)c3sc(C)nc3C)ccc21. The molecule has 0 saturated carbocycles. The Hall–Kier alpha value is -3.19. The van der Waals surface area contributed by atoms with Crippen LogP contribution in [0.4, 0.5) is 5.69 Å². The molecule has 2 aromatic heterocycles. The molecule has 1 N–H and O–H groups in total. The number of aromatic nitrogens is 2. The first-order valence-corrected chi connectivity index (χ1v) is 10.7. The summed E-state index contributed by atoms with van der Waals surface area (Å²) in [5.41, 5.74) is 3.57. The van der Waals surface area contributed by atoms with Gasteiger partial charge in [-0.25, -0.2) is 9.78 Å². The maximum atomic E-state index is 12.6. The maximum absolute atomic E-state index is 12.6. The molecule has 0 radical (unpaired) electrons. The minimum Gasteiger partial charge on any atom is -0.448 e. The number of thiazole rings is 1. The summed E-state index contributed by atoms with van der Waals surface area (Å²) >= 11 is 1.27. The Morgan fingerprint density at radius 3 is 2.57 bits per heavy atom. The fraction of sp³-hybridized carbons (Fsp3) is 0.261. The molecular weight excluding hydrogens is 398 g/mol. The summed E-state index contributed by atoms with van der Waals surface area (Å²) in [5, 5.41) is 5.87. The summed E-state index contributed by atoms with van der Waals surface area (Å²) in [4.78, 5) is 29.7. The Morgan fingerprint density at radius 2 is 1.87 bits per heavy atom. The van der Waals surface area contributed by atoms with Crippen LogP contribution in [-0.2, 0) is 16.1 Å². The molecule has 7 heteroatoms. The third-order valence-electron chi connectivity index (χ3n) is 5.10. The van der Waals surface area contributed by atoms with E-state index in [1.807, 2.05) is 37.3 Å². The van der Waals surface area contributed by atoms with E-state index in [0.29, 0.717) is 16.3 Å². The van der Waals surface area contributed by atoms with Gasteiger partial charge in [0.15, 0.2) is 6.10 Å². The van der Waals surface area contributed by atoms with Crippen molar-refractivity contribution in [3.8, 4) is 0 Å². The number of amides is 1. The van der Waals surface area contributed by atoms with E-state index >= 15 is 0 Å². The van der Waals surface area contributed by atoms with E-state index < -0.39 is 12.1 Å². The molecule has 4 aromatic rings. The lowest BCUT2D eigenvalue weighted by Gasteiger charge is -2.13. The standard InChI is InChI=1S/C23H23N3O3S/c1-5-26-19-9-7-6-8-17(19)18-12-16(10-11-20(18)26)25-22(27)14(3)29-23(28)21-13(2)24-15(4)30-21/h6-12,14H,5H2,1-4H3,(H,25,27)/t14-/m1/s1. The van der Waals surface area contributed by atoms with Gasteiger partial charge in [0.05, 0.1) is 10.7 Å². The highest BCUT2D eigenvalue weighted by Gasteiger charge is 2.22. The first-order chi connectivity index (χ1) is 14.4. The van der Waals surface area contributed by atoms with E-state index in [-0.39, 0.29) is 5.91 Å². The lowest BCUT2D eigenvalue weighted by Crippen LogP contribution is -2.29. The van der Waals surface area contributed by atoms with Gasteiger partial charge >= 0.3 is 5.97 Å². The molecule has 6 nitrogen and oxygen atoms in total. The Kier molecular flexibility index (Phi) is 5.30. The number of hydrogen-bond donors (Lipinski definition) is 1. The lowest BCUT2D eigenvalue weighted by molar-refractivity contribution is -0.123. The molecule has 0 spiro atoms. The van der Waals surface area contributed by atoms with Crippen LogP contribution < -0.4 is 5.32 Å². The van der Waals surface area contributed by atoms with Gasteiger partial charge < -0.3 is 14.6 Å². The summed E-state index contributed by atoms with van der Waals surface area (Å²) in [6, 6.07) is 14.1. The molecule has 0 aliphatic carbocycles. The second-order valence-corrected chi connectivity index (χ2v) is 8.38. The van der Waals surface area contributed by atoms with Crippen molar-refractivity contribution in [1.29, 1.82) is 0 Å². The maximum Gasteiger partial charge on any atom is 0.351 e. The number of carbonyl (C=O) groups excluding carboxylic acids is 2. The van der Waals surface area contributed by atoms with Gasteiger partial charge in [0, 0.05) is 34.0 Å². The van der Waals surface area contributed by atoms with E-state index in [1.54, 1.807) is 13.8 Å². The molecular formula is C23H23N3O3S. The first kappa shape index (κ1) is 20.1. The van der Waals surface area contributed by atoms with Crippen molar-refractivity contribution in [2.24, 2.45) is 0 Å². The van der Waals surface area contributed by atoms with Gasteiger partial charge in [-0.2, -0.15) is 0 Å². The average molecular weight is 422 g/mol. The molecule has 0 saturated heterocycles. The molecule has 154 valence electrons. The molecule has 0 bridgehead atoms. The van der Waals surface area contributed by atoms with E-state index in [9.17, 15) is 9.59 Å². The Morgan fingerprint density at radius 1 is 1.13 bits per heavy atom. The summed E-state index contributed by atoms with van der Waals surface area (Å²) in [5.74, 6) is -0.900. The number of nitrogens with zero attached hydrogens (tertiary/aromatic N) is 2. The number of esters is 1. The van der Waals surface area contributed by atoms with Crippen LogP contribution in [0.15, 0.2) is 42.5 Å². The fourth-order valence-electron chi connectivity index (χ4n) is 3.70. The number of hydrogen-bond acceptors (Lipinski definition) is 5. The normalized spacial score (nSPS) is 12.3. The van der Waals surface area contributed by atoms with Gasteiger partial charge in [-0.15, -0.1) is 11.3 Å². The Labute approximate surface area is 178 Å². The number of para-hydroxylation sites is 1. The topological polar surface area (TPSA) is 73.2 Å². The lowest BCUT2D eigenvalue weighted by atomic mass is 10.1. The molecule has 0 fully saturated rings. The molecule has 1 amide bonds. The molecule has 2 heterocycles. The van der Waals surface area contributed by atoms with Crippen molar-refractivity contribution >= 4 is 50.7 Å². The molecule has 30 heavy (non-hydrogen) atoms. The molecule has 0 aliphatic heterocycles. The van der Waals surface area contributed by atoms with Gasteiger partial charge in [-0.1, -0.05) is 18.2 Å². The average Bonchev–Trinajstić information content (AvgIpc) is 3.23. The Balaban J connectivity index is 1.55. The van der Waals surface area contributed by atoms with Crippen LogP contribution in [0.25, 0.3) is 21.8 Å². The van der Waals surface area contributed by atoms with Crippen molar-refractivity contribution in [1.82, 2.24) is 9.55 Å². The number of ether oxygens (including phenoxy) is 1. The number of nitrogens with one attached hydrogen (secondary N) is 1. The summed E-state index contributed by atoms with van der Waals surface area (Å²) in [6.45, 7) is 8.13. The summed E-state index contributed by atoms with van der Waals surface area (Å²) in [7, 11) is 0. The van der Waals surface area contributed by atoms with Gasteiger partial charge in [-0.3, -0.25) is 4.79 Å². The number of aryl methyl sites for hydroxylation is 3. The number of benzene rings is 2. The smallest absolute Gasteiger partial charge is 0.351 e. The highest BCUT2D eigenvalue weighted by Crippen LogP contribution is 2.31. The molecule has 2 aromatic carbocycles. The minimum absolute atomic E-state index is 0.374. The molecule has 0 unspecified atom stereocenters. The third-order valence-corrected chi connectivity index (χ3v) is 6.15. The summed E-state index contributed by atoms with van der Waals surface area (Å²) < 4.78 is 7.61. The first-order valence-electron chi connectivity index (χ1n) is 9.86. The van der Waals surface area contributed by atoms with Crippen molar-refractivity contribution in [2.75, 3.05) is 5.32 Å². The second-order valence-electron chi connectivity index (χ2n) is 7.18. The van der Waals surface area contributed by atoms with E-state index in [1.165, 1.54) is 11.3 Å². The van der Waals surface area contributed by atoms with E-state index in [4.69, 9.17) is 4.74 Å². The van der Waals surface area contributed by atoms with Crippen LogP contribution in [0.2, 0.25) is 0 Å². The zero-order valence-corrected chi connectivity index (χ0v) is 18.2. The zero-order valence-electron chi connectivity index (χ0n) is 17.4. The fourth-order valence-corrected chi connectivity index (χ4v) is 4.51. The van der Waals surface area contributed by atoms with Gasteiger partial charge in [0.2, 0.25) is 0 Å². The van der Waals surface area contributed by atoms with Crippen molar-refractivity contribution in [3.63, 3.8) is 0 Å². The van der Waals surface area contributed by atoms with Crippen molar-refractivity contribution in [2.45, 2.75) is 40.3 Å².